The summed E-state index contributed by atoms with van der Waals surface area (Å²) in [6.45, 7) is 4.05. The van der Waals surface area contributed by atoms with Gasteiger partial charge in [0.05, 0.1) is 0 Å². The van der Waals surface area contributed by atoms with Crippen molar-refractivity contribution >= 4 is 5.91 Å². The summed E-state index contributed by atoms with van der Waals surface area (Å²) in [7, 11) is 0. The number of carbonyl (C=O) groups is 1. The van der Waals surface area contributed by atoms with Gasteiger partial charge in [-0.2, -0.15) is 0 Å². The van der Waals surface area contributed by atoms with Gasteiger partial charge in [0.1, 0.15) is 5.82 Å². The molecule has 0 bridgehead atoms. The minimum atomic E-state index is -0.230. The second-order valence-corrected chi connectivity index (χ2v) is 6.11. The van der Waals surface area contributed by atoms with Gasteiger partial charge in [-0.25, -0.2) is 4.39 Å². The van der Waals surface area contributed by atoms with Crippen LogP contribution in [0.4, 0.5) is 4.39 Å². The first-order valence-electron chi connectivity index (χ1n) is 8.35. The number of aromatic nitrogens is 1. The Bertz CT molecular complexity index is 669. The Hall–Kier alpha value is -2.27. The molecule has 24 heavy (non-hydrogen) atoms. The summed E-state index contributed by atoms with van der Waals surface area (Å²) in [5.74, 6) is -0.120. The van der Waals surface area contributed by atoms with Gasteiger partial charge in [-0.1, -0.05) is 24.3 Å². The zero-order chi connectivity index (χ0) is 16.8. The molecule has 1 aliphatic heterocycles. The van der Waals surface area contributed by atoms with Crippen LogP contribution in [0.25, 0.3) is 0 Å². The van der Waals surface area contributed by atoms with Gasteiger partial charge in [-0.05, 0) is 29.7 Å². The predicted molar refractivity (Wildman–Crippen MR) is 90.8 cm³/mol. The van der Waals surface area contributed by atoms with Gasteiger partial charge in [-0.3, -0.25) is 14.7 Å². The van der Waals surface area contributed by atoms with Crippen LogP contribution in [-0.2, 0) is 17.8 Å². The molecule has 0 atom stereocenters. The van der Waals surface area contributed by atoms with Crippen LogP contribution in [0.5, 0.6) is 0 Å². The summed E-state index contributed by atoms with van der Waals surface area (Å²) >= 11 is 0. The van der Waals surface area contributed by atoms with Gasteiger partial charge in [0, 0.05) is 51.5 Å². The molecule has 0 radical (unpaired) electrons. The van der Waals surface area contributed by atoms with Crippen LogP contribution in [0.2, 0.25) is 0 Å². The number of carbonyl (C=O) groups excluding carboxylic acids is 1. The number of aryl methyl sites for hydroxylation is 1. The van der Waals surface area contributed by atoms with Crippen molar-refractivity contribution < 1.29 is 9.18 Å². The van der Waals surface area contributed by atoms with Crippen LogP contribution < -0.4 is 0 Å². The van der Waals surface area contributed by atoms with Crippen LogP contribution in [0.15, 0.2) is 48.8 Å². The van der Waals surface area contributed by atoms with Crippen molar-refractivity contribution in [1.29, 1.82) is 0 Å². The zero-order valence-corrected chi connectivity index (χ0v) is 13.7. The maximum Gasteiger partial charge on any atom is 0.222 e. The van der Waals surface area contributed by atoms with Gasteiger partial charge in [0.15, 0.2) is 0 Å². The molecule has 2 aromatic rings. The molecular weight excluding hydrogens is 305 g/mol. The zero-order valence-electron chi connectivity index (χ0n) is 13.7. The summed E-state index contributed by atoms with van der Waals surface area (Å²) in [4.78, 5) is 20.7. The maximum atomic E-state index is 13.6. The molecule has 0 aliphatic carbocycles. The summed E-state index contributed by atoms with van der Waals surface area (Å²) in [6, 6.07) is 10.7. The first kappa shape index (κ1) is 16.6. The summed E-state index contributed by atoms with van der Waals surface area (Å²) in [5, 5.41) is 0. The molecule has 0 spiro atoms. The van der Waals surface area contributed by atoms with Crippen molar-refractivity contribution in [2.24, 2.45) is 0 Å². The normalized spacial score (nSPS) is 15.5. The van der Waals surface area contributed by atoms with E-state index in [1.807, 2.05) is 17.2 Å². The van der Waals surface area contributed by atoms with E-state index in [0.29, 0.717) is 18.4 Å². The van der Waals surface area contributed by atoms with Crippen molar-refractivity contribution in [1.82, 2.24) is 14.8 Å². The average Bonchev–Trinajstić information content (AvgIpc) is 2.62. The Morgan fingerprint density at radius 2 is 1.88 bits per heavy atom. The van der Waals surface area contributed by atoms with Gasteiger partial charge in [-0.15, -0.1) is 0 Å². The fraction of sp³-hybridized carbons (Fsp3) is 0.368. The number of amides is 1. The lowest BCUT2D eigenvalue weighted by Gasteiger charge is -2.34. The fourth-order valence-corrected chi connectivity index (χ4v) is 3.01. The molecule has 1 aromatic carbocycles. The molecule has 1 saturated heterocycles. The van der Waals surface area contributed by atoms with E-state index in [-0.39, 0.29) is 11.7 Å². The van der Waals surface area contributed by atoms with Crippen molar-refractivity contribution in [3.8, 4) is 0 Å². The van der Waals surface area contributed by atoms with Crippen LogP contribution in [0.3, 0.4) is 0 Å². The van der Waals surface area contributed by atoms with E-state index in [2.05, 4.69) is 16.0 Å². The summed E-state index contributed by atoms with van der Waals surface area (Å²) in [5.41, 5.74) is 1.80. The second-order valence-electron chi connectivity index (χ2n) is 6.11. The Morgan fingerprint density at radius 3 is 2.58 bits per heavy atom. The van der Waals surface area contributed by atoms with Crippen LogP contribution in [-0.4, -0.2) is 46.9 Å². The van der Waals surface area contributed by atoms with E-state index in [9.17, 15) is 9.18 Å². The first-order chi connectivity index (χ1) is 11.7. The predicted octanol–water partition coefficient (Wildman–Crippen LogP) is 2.50. The van der Waals surface area contributed by atoms with Gasteiger partial charge in [0.25, 0.3) is 0 Å². The number of rotatable bonds is 5. The number of pyridine rings is 1. The van der Waals surface area contributed by atoms with Crippen molar-refractivity contribution in [3.05, 3.63) is 65.7 Å². The standard InChI is InChI=1S/C19H22FN3O/c20-18-6-2-1-5-17(18)7-8-19(24)23-12-10-22(11-13-23)15-16-4-3-9-21-14-16/h1-6,9,14H,7-8,10-13,15H2. The van der Waals surface area contributed by atoms with Crippen LogP contribution >= 0.6 is 0 Å². The minimum Gasteiger partial charge on any atom is -0.340 e. The second kappa shape index (κ2) is 8.02. The lowest BCUT2D eigenvalue weighted by atomic mass is 10.1. The molecule has 3 rings (SSSR count). The quantitative estimate of drug-likeness (QED) is 0.847. The largest absolute Gasteiger partial charge is 0.340 e. The average molecular weight is 327 g/mol. The van der Waals surface area contributed by atoms with Gasteiger partial charge >= 0.3 is 0 Å². The number of halogens is 1. The number of nitrogens with zero attached hydrogens (tertiary/aromatic N) is 3. The lowest BCUT2D eigenvalue weighted by molar-refractivity contribution is -0.133. The maximum absolute atomic E-state index is 13.6. The SMILES string of the molecule is O=C(CCc1ccccc1F)N1CCN(Cc2cccnc2)CC1. The molecule has 126 valence electrons. The lowest BCUT2D eigenvalue weighted by Crippen LogP contribution is -2.48. The fourth-order valence-electron chi connectivity index (χ4n) is 3.01. The molecule has 4 nitrogen and oxygen atoms in total. The Balaban J connectivity index is 1.44. The highest BCUT2D eigenvalue weighted by molar-refractivity contribution is 5.76. The molecule has 0 N–H and O–H groups in total. The molecule has 1 aliphatic rings. The van der Waals surface area contributed by atoms with E-state index >= 15 is 0 Å². The third-order valence-electron chi connectivity index (χ3n) is 4.42. The van der Waals surface area contributed by atoms with E-state index < -0.39 is 0 Å². The Morgan fingerprint density at radius 1 is 1.08 bits per heavy atom. The highest BCUT2D eigenvalue weighted by Crippen LogP contribution is 2.12. The summed E-state index contributed by atoms with van der Waals surface area (Å²) in [6.07, 6.45) is 4.48. The van der Waals surface area contributed by atoms with E-state index in [4.69, 9.17) is 0 Å². The Kier molecular flexibility index (Phi) is 5.54. The first-order valence-corrected chi connectivity index (χ1v) is 8.35. The number of piperazine rings is 1. The molecular formula is C19H22FN3O. The van der Waals surface area contributed by atoms with Gasteiger partial charge in [0.2, 0.25) is 5.91 Å². The molecule has 0 unspecified atom stereocenters. The number of benzene rings is 1. The van der Waals surface area contributed by atoms with Crippen molar-refractivity contribution in [3.63, 3.8) is 0 Å². The third kappa shape index (κ3) is 4.38. The van der Waals surface area contributed by atoms with Gasteiger partial charge < -0.3 is 4.90 Å². The smallest absolute Gasteiger partial charge is 0.222 e. The van der Waals surface area contributed by atoms with E-state index in [0.717, 1.165) is 32.7 Å². The highest BCUT2D eigenvalue weighted by atomic mass is 19.1. The van der Waals surface area contributed by atoms with Crippen LogP contribution in [0.1, 0.15) is 17.5 Å². The van der Waals surface area contributed by atoms with Crippen molar-refractivity contribution in [2.45, 2.75) is 19.4 Å². The Labute approximate surface area is 141 Å². The number of hydrogen-bond acceptors (Lipinski definition) is 3. The highest BCUT2D eigenvalue weighted by Gasteiger charge is 2.21. The molecule has 1 aromatic heterocycles. The molecule has 5 heteroatoms. The molecule has 1 amide bonds. The van der Waals surface area contributed by atoms with E-state index in [1.54, 1.807) is 24.4 Å². The van der Waals surface area contributed by atoms with Crippen molar-refractivity contribution in [2.75, 3.05) is 26.2 Å². The molecule has 1 fully saturated rings. The summed E-state index contributed by atoms with van der Waals surface area (Å²) < 4.78 is 13.6. The third-order valence-corrected chi connectivity index (χ3v) is 4.42. The topological polar surface area (TPSA) is 36.4 Å². The number of hydrogen-bond donors (Lipinski definition) is 0. The monoisotopic (exact) mass is 327 g/mol. The molecule has 0 saturated carbocycles. The van der Waals surface area contributed by atoms with E-state index in [1.165, 1.54) is 11.6 Å². The minimum absolute atomic E-state index is 0.110. The van der Waals surface area contributed by atoms with Crippen LogP contribution in [0, 0.1) is 5.82 Å². The molecule has 2 heterocycles.